The van der Waals surface area contributed by atoms with Crippen LogP contribution in [0, 0.1) is 10.1 Å². The van der Waals surface area contributed by atoms with E-state index in [4.69, 9.17) is 5.73 Å². The molecule has 0 aromatic heterocycles. The van der Waals surface area contributed by atoms with Gasteiger partial charge in [0.1, 0.15) is 0 Å². The minimum atomic E-state index is -0.623. The first-order valence-corrected chi connectivity index (χ1v) is 3.81. The van der Waals surface area contributed by atoms with E-state index in [0.717, 1.165) is 5.56 Å². The SMILES string of the molecule is NCCc1ccc([N+](=O)[O-])c(O)c1. The molecule has 0 heterocycles. The molecule has 0 saturated heterocycles. The molecule has 3 N–H and O–H groups in total. The number of nitro benzene ring substituents is 1. The predicted octanol–water partition coefficient (Wildman–Crippen LogP) is 0.802. The molecule has 0 aliphatic carbocycles. The van der Waals surface area contributed by atoms with Crippen molar-refractivity contribution in [3.8, 4) is 5.75 Å². The van der Waals surface area contributed by atoms with Crippen molar-refractivity contribution < 1.29 is 10.0 Å². The molecule has 1 aromatic carbocycles. The summed E-state index contributed by atoms with van der Waals surface area (Å²) in [5.74, 6) is -0.309. The Kier molecular flexibility index (Phi) is 2.81. The Morgan fingerprint density at radius 2 is 2.23 bits per heavy atom. The maximum atomic E-state index is 10.3. The number of nitrogens with zero attached hydrogens (tertiary/aromatic N) is 1. The zero-order valence-corrected chi connectivity index (χ0v) is 6.93. The Bertz CT molecular complexity index is 325. The highest BCUT2D eigenvalue weighted by atomic mass is 16.6. The first kappa shape index (κ1) is 9.47. The number of aromatic hydroxyl groups is 1. The molecule has 0 aliphatic rings. The number of phenolic OH excluding ortho intramolecular Hbond substituents is 1. The largest absolute Gasteiger partial charge is 0.502 e. The number of hydrogen-bond donors (Lipinski definition) is 2. The second-order valence-corrected chi connectivity index (χ2v) is 2.62. The van der Waals surface area contributed by atoms with Crippen molar-refractivity contribution in [1.82, 2.24) is 0 Å². The van der Waals surface area contributed by atoms with Crippen LogP contribution < -0.4 is 5.73 Å². The van der Waals surface area contributed by atoms with E-state index >= 15 is 0 Å². The number of nitrogens with two attached hydrogens (primary N) is 1. The van der Waals surface area contributed by atoms with E-state index in [1.165, 1.54) is 12.1 Å². The molecule has 0 fully saturated rings. The first-order chi connectivity index (χ1) is 6.15. The Morgan fingerprint density at radius 3 is 2.69 bits per heavy atom. The van der Waals surface area contributed by atoms with Crippen LogP contribution in [0.1, 0.15) is 5.56 Å². The smallest absolute Gasteiger partial charge is 0.310 e. The van der Waals surface area contributed by atoms with Crippen molar-refractivity contribution in [2.75, 3.05) is 6.54 Å². The third kappa shape index (κ3) is 2.16. The molecule has 0 bridgehead atoms. The minimum Gasteiger partial charge on any atom is -0.502 e. The van der Waals surface area contributed by atoms with Crippen molar-refractivity contribution >= 4 is 5.69 Å². The van der Waals surface area contributed by atoms with E-state index in [0.29, 0.717) is 13.0 Å². The van der Waals surface area contributed by atoms with Gasteiger partial charge in [0.25, 0.3) is 0 Å². The van der Waals surface area contributed by atoms with Gasteiger partial charge in [-0.3, -0.25) is 10.1 Å². The average molecular weight is 182 g/mol. The van der Waals surface area contributed by atoms with Crippen LogP contribution in [0.2, 0.25) is 0 Å². The van der Waals surface area contributed by atoms with Gasteiger partial charge in [-0.15, -0.1) is 0 Å². The van der Waals surface area contributed by atoms with Crippen LogP contribution in [0.3, 0.4) is 0 Å². The normalized spacial score (nSPS) is 9.92. The van der Waals surface area contributed by atoms with Gasteiger partial charge >= 0.3 is 5.69 Å². The summed E-state index contributed by atoms with van der Waals surface area (Å²) in [6, 6.07) is 4.23. The lowest BCUT2D eigenvalue weighted by molar-refractivity contribution is -0.385. The second kappa shape index (κ2) is 3.86. The van der Waals surface area contributed by atoms with Crippen LogP contribution in [0.25, 0.3) is 0 Å². The summed E-state index contributed by atoms with van der Waals surface area (Å²) in [6.07, 6.45) is 0.603. The van der Waals surface area contributed by atoms with Crippen LogP contribution >= 0.6 is 0 Å². The fraction of sp³-hybridized carbons (Fsp3) is 0.250. The van der Waals surface area contributed by atoms with Crippen molar-refractivity contribution in [3.63, 3.8) is 0 Å². The maximum absolute atomic E-state index is 10.3. The van der Waals surface area contributed by atoms with E-state index in [9.17, 15) is 15.2 Å². The molecule has 5 nitrogen and oxygen atoms in total. The molecule has 0 aliphatic heterocycles. The van der Waals surface area contributed by atoms with Gasteiger partial charge in [0.05, 0.1) is 4.92 Å². The third-order valence-corrected chi connectivity index (χ3v) is 1.67. The third-order valence-electron chi connectivity index (χ3n) is 1.67. The summed E-state index contributed by atoms with van der Waals surface area (Å²) in [6.45, 7) is 0.456. The maximum Gasteiger partial charge on any atom is 0.310 e. The van der Waals surface area contributed by atoms with Crippen molar-refractivity contribution in [2.24, 2.45) is 5.73 Å². The molecule has 0 spiro atoms. The van der Waals surface area contributed by atoms with Gasteiger partial charge in [0.2, 0.25) is 0 Å². The zero-order valence-electron chi connectivity index (χ0n) is 6.93. The molecule has 0 unspecified atom stereocenters. The van der Waals surface area contributed by atoms with E-state index in [2.05, 4.69) is 0 Å². The van der Waals surface area contributed by atoms with Crippen LogP contribution in [0.5, 0.6) is 5.75 Å². The molecule has 0 radical (unpaired) electrons. The number of rotatable bonds is 3. The molecule has 0 saturated carbocycles. The van der Waals surface area contributed by atoms with Gasteiger partial charge in [0, 0.05) is 6.07 Å². The van der Waals surface area contributed by atoms with Crippen LogP contribution in [0.4, 0.5) is 5.69 Å². The van der Waals surface area contributed by atoms with E-state index in [1.54, 1.807) is 6.07 Å². The lowest BCUT2D eigenvalue weighted by Crippen LogP contribution is -2.02. The molecular weight excluding hydrogens is 172 g/mol. The topological polar surface area (TPSA) is 89.4 Å². The monoisotopic (exact) mass is 182 g/mol. The van der Waals surface area contributed by atoms with Gasteiger partial charge in [-0.05, 0) is 24.6 Å². The molecule has 0 atom stereocenters. The zero-order chi connectivity index (χ0) is 9.84. The summed E-state index contributed by atoms with van der Waals surface area (Å²) in [5.41, 5.74) is 5.81. The average Bonchev–Trinajstić information content (AvgIpc) is 2.04. The second-order valence-electron chi connectivity index (χ2n) is 2.62. The summed E-state index contributed by atoms with van der Waals surface area (Å²) in [4.78, 5) is 9.69. The minimum absolute atomic E-state index is 0.277. The Morgan fingerprint density at radius 1 is 1.54 bits per heavy atom. The van der Waals surface area contributed by atoms with Gasteiger partial charge in [0.15, 0.2) is 5.75 Å². The van der Waals surface area contributed by atoms with Crippen molar-refractivity contribution in [3.05, 3.63) is 33.9 Å². The van der Waals surface area contributed by atoms with Gasteiger partial charge in [-0.1, -0.05) is 6.07 Å². The molecular formula is C8H10N2O3. The van der Waals surface area contributed by atoms with Crippen LogP contribution in [0.15, 0.2) is 18.2 Å². The predicted molar refractivity (Wildman–Crippen MR) is 47.5 cm³/mol. The summed E-state index contributed by atoms with van der Waals surface area (Å²) >= 11 is 0. The molecule has 70 valence electrons. The Labute approximate surface area is 74.9 Å². The summed E-state index contributed by atoms with van der Waals surface area (Å²) in [7, 11) is 0. The molecule has 1 rings (SSSR count). The Balaban J connectivity index is 2.98. The van der Waals surface area contributed by atoms with E-state index < -0.39 is 4.92 Å². The van der Waals surface area contributed by atoms with Crippen molar-refractivity contribution in [2.45, 2.75) is 6.42 Å². The van der Waals surface area contributed by atoms with E-state index in [1.807, 2.05) is 0 Å². The highest BCUT2D eigenvalue weighted by Crippen LogP contribution is 2.26. The first-order valence-electron chi connectivity index (χ1n) is 3.81. The standard InChI is InChI=1S/C8H10N2O3/c9-4-3-6-1-2-7(10(12)13)8(11)5-6/h1-2,5,11H,3-4,9H2. The molecule has 1 aromatic rings. The fourth-order valence-corrected chi connectivity index (χ4v) is 1.05. The van der Waals surface area contributed by atoms with Crippen molar-refractivity contribution in [1.29, 1.82) is 0 Å². The van der Waals surface area contributed by atoms with Crippen LogP contribution in [-0.4, -0.2) is 16.6 Å². The van der Waals surface area contributed by atoms with Gasteiger partial charge < -0.3 is 10.8 Å². The molecule has 5 heteroatoms. The van der Waals surface area contributed by atoms with Crippen LogP contribution in [-0.2, 0) is 6.42 Å². The number of nitro groups is 1. The number of phenols is 1. The number of benzene rings is 1. The van der Waals surface area contributed by atoms with Gasteiger partial charge in [-0.25, -0.2) is 0 Å². The highest BCUT2D eigenvalue weighted by molar-refractivity contribution is 5.47. The summed E-state index contributed by atoms with van der Waals surface area (Å²) < 4.78 is 0. The quantitative estimate of drug-likeness (QED) is 0.534. The molecule has 13 heavy (non-hydrogen) atoms. The van der Waals surface area contributed by atoms with E-state index in [-0.39, 0.29) is 11.4 Å². The Hall–Kier alpha value is -1.62. The lowest BCUT2D eigenvalue weighted by atomic mass is 10.1. The van der Waals surface area contributed by atoms with Gasteiger partial charge in [-0.2, -0.15) is 0 Å². The molecule has 0 amide bonds. The lowest BCUT2D eigenvalue weighted by Gasteiger charge is -1.99. The highest BCUT2D eigenvalue weighted by Gasteiger charge is 2.12. The number of hydrogen-bond acceptors (Lipinski definition) is 4. The summed E-state index contributed by atoms with van der Waals surface area (Å²) in [5, 5.41) is 19.5. The fourth-order valence-electron chi connectivity index (χ4n) is 1.05.